The molecule has 254 valence electrons. The van der Waals surface area contributed by atoms with Crippen LogP contribution in [-0.2, 0) is 11.2 Å². The number of piperidine rings is 1. The third-order valence-electron chi connectivity index (χ3n) is 11.5. The van der Waals surface area contributed by atoms with E-state index in [-0.39, 0.29) is 29.2 Å². The lowest BCUT2D eigenvalue weighted by Gasteiger charge is -2.38. The highest BCUT2D eigenvalue weighted by Gasteiger charge is 2.45. The average Bonchev–Trinajstić information content (AvgIpc) is 3.89. The van der Waals surface area contributed by atoms with Gasteiger partial charge >= 0.3 is 6.01 Å². The molecular weight excluding hydrogens is 635 g/mol. The first-order chi connectivity index (χ1) is 23.3. The molecule has 2 N–H and O–H groups in total. The second-order valence-electron chi connectivity index (χ2n) is 14.2. The number of pyridine rings is 1. The molecule has 0 bridgehead atoms. The number of aldehydes is 1. The summed E-state index contributed by atoms with van der Waals surface area (Å²) in [5.41, 5.74) is 2.12. The summed E-state index contributed by atoms with van der Waals surface area (Å²) in [4.78, 5) is 32.7. The van der Waals surface area contributed by atoms with Crippen molar-refractivity contribution < 1.29 is 19.0 Å². The number of nitrogens with zero attached hydrogens (tertiary/aromatic N) is 7. The van der Waals surface area contributed by atoms with Gasteiger partial charge in [0.15, 0.2) is 5.82 Å². The zero-order valence-electron chi connectivity index (χ0n) is 27.3. The lowest BCUT2D eigenvalue weighted by atomic mass is 9.92. The summed E-state index contributed by atoms with van der Waals surface area (Å²) in [6.07, 6.45) is 10.6. The summed E-state index contributed by atoms with van der Waals surface area (Å²) in [5.74, 6) is 0.730. The van der Waals surface area contributed by atoms with Crippen molar-refractivity contribution in [1.29, 1.82) is 0 Å². The third-order valence-corrected chi connectivity index (χ3v) is 11.8. The molecule has 13 heteroatoms. The molecule has 4 aromatic rings. The average molecular weight is 677 g/mol. The summed E-state index contributed by atoms with van der Waals surface area (Å²) >= 11 is 6.80. The van der Waals surface area contributed by atoms with Crippen LogP contribution >= 0.6 is 11.6 Å². The van der Waals surface area contributed by atoms with Crippen molar-refractivity contribution in [2.24, 2.45) is 5.92 Å². The lowest BCUT2D eigenvalue weighted by molar-refractivity contribution is -0.115. The van der Waals surface area contributed by atoms with E-state index in [1.165, 1.54) is 6.42 Å². The van der Waals surface area contributed by atoms with Crippen LogP contribution in [-0.4, -0.2) is 110 Å². The van der Waals surface area contributed by atoms with Gasteiger partial charge in [-0.3, -0.25) is 15.0 Å². The molecular formula is C35H42ClFN8O3. The first-order valence-electron chi connectivity index (χ1n) is 17.3. The Bertz CT molecular complexity index is 1840. The van der Waals surface area contributed by atoms with E-state index in [2.05, 4.69) is 31.9 Å². The minimum atomic E-state index is -1.07. The number of halogens is 2. The molecule has 0 amide bonds. The maximum atomic E-state index is 17.2. The predicted molar refractivity (Wildman–Crippen MR) is 182 cm³/mol. The Morgan fingerprint density at radius 2 is 1.98 bits per heavy atom. The van der Waals surface area contributed by atoms with E-state index in [9.17, 15) is 9.90 Å². The predicted octanol–water partition coefficient (Wildman–Crippen LogP) is 4.78. The second-order valence-corrected chi connectivity index (χ2v) is 14.6. The first kappa shape index (κ1) is 31.8. The normalized spacial score (nSPS) is 23.2. The Kier molecular flexibility index (Phi) is 8.46. The number of fused-ring (bicyclic) bond motifs is 4. The number of hydrogen-bond acceptors (Lipinski definition) is 10. The van der Waals surface area contributed by atoms with Gasteiger partial charge in [-0.1, -0.05) is 11.6 Å². The standard InChI is InChI=1S/C35H42ClFN8O3/c1-43-13-7-21-8-14-44(18-28(21)43)33-25-16-38-32(29-23(6-2-5-22(47)19-46)26(36)15-27-24(29)17-39-42-27)30(37)31(25)40-34(41-33)48-20-35-9-3-11-45(35)12-4-10-35/h15-17,19,21-22,28,47H,2-14,18,20H2,1H3,(H,39,42). The van der Waals surface area contributed by atoms with Crippen LogP contribution < -0.4 is 9.64 Å². The molecule has 0 spiro atoms. The molecule has 4 aliphatic rings. The van der Waals surface area contributed by atoms with E-state index in [0.717, 1.165) is 64.8 Å². The topological polar surface area (TPSA) is 124 Å². The Hall–Kier alpha value is -3.45. The van der Waals surface area contributed by atoms with Gasteiger partial charge in [0.2, 0.25) is 0 Å². The Balaban J connectivity index is 1.23. The van der Waals surface area contributed by atoms with Gasteiger partial charge in [-0.25, -0.2) is 4.39 Å². The number of aromatic nitrogens is 5. The molecule has 3 aromatic heterocycles. The van der Waals surface area contributed by atoms with Gasteiger partial charge in [0.25, 0.3) is 0 Å². The van der Waals surface area contributed by atoms with Crippen LogP contribution in [0.1, 0.15) is 56.9 Å². The maximum absolute atomic E-state index is 17.2. The molecule has 0 radical (unpaired) electrons. The Morgan fingerprint density at radius 3 is 2.79 bits per heavy atom. The van der Waals surface area contributed by atoms with Crippen LogP contribution in [0.2, 0.25) is 5.02 Å². The number of benzene rings is 1. The highest BCUT2D eigenvalue weighted by atomic mass is 35.5. The van der Waals surface area contributed by atoms with Gasteiger partial charge in [-0.2, -0.15) is 15.1 Å². The van der Waals surface area contributed by atoms with Crippen LogP contribution in [0.15, 0.2) is 18.5 Å². The van der Waals surface area contributed by atoms with Crippen molar-refractivity contribution >= 4 is 45.5 Å². The number of carbonyl (C=O) groups excluding carboxylic acids is 1. The van der Waals surface area contributed by atoms with E-state index in [4.69, 9.17) is 31.3 Å². The molecule has 4 saturated heterocycles. The van der Waals surface area contributed by atoms with E-state index < -0.39 is 11.9 Å². The van der Waals surface area contributed by atoms with Gasteiger partial charge in [0, 0.05) is 41.3 Å². The molecule has 4 fully saturated rings. The fourth-order valence-corrected chi connectivity index (χ4v) is 9.18. The third kappa shape index (κ3) is 5.50. The highest BCUT2D eigenvalue weighted by molar-refractivity contribution is 6.33. The van der Waals surface area contributed by atoms with Gasteiger partial charge in [-0.15, -0.1) is 0 Å². The number of rotatable bonds is 10. The number of hydrogen-bond donors (Lipinski definition) is 2. The second kappa shape index (κ2) is 12.8. The van der Waals surface area contributed by atoms with Crippen molar-refractivity contribution in [2.75, 3.05) is 51.3 Å². The molecule has 3 unspecified atom stereocenters. The number of H-pyrrole nitrogens is 1. The molecule has 7 heterocycles. The quantitative estimate of drug-likeness (QED) is 0.227. The Labute approximate surface area is 283 Å². The minimum Gasteiger partial charge on any atom is -0.461 e. The van der Waals surface area contributed by atoms with Crippen LogP contribution in [0.3, 0.4) is 0 Å². The zero-order chi connectivity index (χ0) is 33.0. The minimum absolute atomic E-state index is 0.00859. The largest absolute Gasteiger partial charge is 0.461 e. The van der Waals surface area contributed by atoms with E-state index in [1.54, 1.807) is 18.5 Å². The molecule has 4 aliphatic heterocycles. The first-order valence-corrected chi connectivity index (χ1v) is 17.7. The van der Waals surface area contributed by atoms with Gasteiger partial charge in [-0.05, 0) is 102 Å². The SMILES string of the molecule is CN1CCC2CCN(c3nc(OCC45CCCN4CCC5)nc4c(F)c(-c5c(CCCC(O)C=O)c(Cl)cc6[nH]ncc56)ncc34)CC21. The van der Waals surface area contributed by atoms with Gasteiger partial charge in [0.1, 0.15) is 36.0 Å². The number of aromatic amines is 1. The Morgan fingerprint density at radius 1 is 1.17 bits per heavy atom. The molecule has 8 rings (SSSR count). The molecule has 11 nitrogen and oxygen atoms in total. The van der Waals surface area contributed by atoms with Crippen molar-refractivity contribution in [3.8, 4) is 17.3 Å². The lowest BCUT2D eigenvalue weighted by Crippen LogP contribution is -2.47. The van der Waals surface area contributed by atoms with Crippen molar-refractivity contribution in [3.63, 3.8) is 0 Å². The molecule has 48 heavy (non-hydrogen) atoms. The van der Waals surface area contributed by atoms with Crippen LogP contribution in [0, 0.1) is 11.7 Å². The smallest absolute Gasteiger partial charge is 0.319 e. The highest BCUT2D eigenvalue weighted by Crippen LogP contribution is 2.42. The number of nitrogens with one attached hydrogen (secondary N) is 1. The maximum Gasteiger partial charge on any atom is 0.319 e. The van der Waals surface area contributed by atoms with Crippen molar-refractivity contribution in [3.05, 3.63) is 34.9 Å². The summed E-state index contributed by atoms with van der Waals surface area (Å²) in [6, 6.07) is 2.37. The fraction of sp³-hybridized carbons (Fsp3) is 0.571. The van der Waals surface area contributed by atoms with E-state index in [1.807, 2.05) is 0 Å². The van der Waals surface area contributed by atoms with Crippen LogP contribution in [0.4, 0.5) is 10.2 Å². The number of carbonyl (C=O) groups is 1. The van der Waals surface area contributed by atoms with Gasteiger partial charge in [0.05, 0.1) is 22.6 Å². The zero-order valence-corrected chi connectivity index (χ0v) is 28.1. The number of likely N-dealkylation sites (N-methyl/N-ethyl adjacent to an activating group) is 1. The summed E-state index contributed by atoms with van der Waals surface area (Å²) < 4.78 is 23.6. The summed E-state index contributed by atoms with van der Waals surface area (Å²) in [6.45, 7) is 5.35. The fourth-order valence-electron chi connectivity index (χ4n) is 8.88. The number of anilines is 1. The molecule has 0 aliphatic carbocycles. The van der Waals surface area contributed by atoms with E-state index >= 15 is 4.39 Å². The molecule has 1 aromatic carbocycles. The molecule has 3 atom stereocenters. The van der Waals surface area contributed by atoms with Crippen LogP contribution in [0.5, 0.6) is 6.01 Å². The van der Waals surface area contributed by atoms with E-state index in [0.29, 0.717) is 76.0 Å². The number of aliphatic hydroxyl groups is 1. The number of ether oxygens (including phenoxy) is 1. The van der Waals surface area contributed by atoms with Crippen molar-refractivity contribution in [1.82, 2.24) is 34.9 Å². The molecule has 0 saturated carbocycles. The number of likely N-dealkylation sites (tertiary alicyclic amines) is 1. The van der Waals surface area contributed by atoms with Crippen molar-refractivity contribution in [2.45, 2.75) is 75.5 Å². The summed E-state index contributed by atoms with van der Waals surface area (Å²) in [7, 11) is 2.18. The number of aliphatic hydroxyl groups excluding tert-OH is 1. The van der Waals surface area contributed by atoms with Gasteiger partial charge < -0.3 is 24.4 Å². The van der Waals surface area contributed by atoms with Crippen LogP contribution in [0.25, 0.3) is 33.1 Å². The summed E-state index contributed by atoms with van der Waals surface area (Å²) in [5, 5.41) is 18.7. The monoisotopic (exact) mass is 676 g/mol.